The number of hydrogen-bond acceptors (Lipinski definition) is 3. The second-order valence-electron chi connectivity index (χ2n) is 5.82. The predicted molar refractivity (Wildman–Crippen MR) is 71.4 cm³/mol. The Bertz CT molecular complexity index is 341. The van der Waals surface area contributed by atoms with Crippen molar-refractivity contribution in [3.05, 3.63) is 12.4 Å². The summed E-state index contributed by atoms with van der Waals surface area (Å²) in [6.45, 7) is 2.42. The Balaban J connectivity index is 1.57. The molecule has 1 aromatic rings. The summed E-state index contributed by atoms with van der Waals surface area (Å²) in [5.41, 5.74) is 0. The summed E-state index contributed by atoms with van der Waals surface area (Å²) < 4.78 is 2.04. The summed E-state index contributed by atoms with van der Waals surface area (Å²) in [7, 11) is 0. The van der Waals surface area contributed by atoms with Crippen molar-refractivity contribution in [2.24, 2.45) is 0 Å². The third-order valence-corrected chi connectivity index (χ3v) is 4.60. The first-order chi connectivity index (χ1) is 8.93. The first-order valence-electron chi connectivity index (χ1n) is 7.53. The fourth-order valence-corrected chi connectivity index (χ4v) is 3.53. The molecule has 1 unspecified atom stereocenters. The lowest BCUT2D eigenvalue weighted by Crippen LogP contribution is -2.34. The Kier molecular flexibility index (Phi) is 3.93. The molecule has 1 saturated carbocycles. The fourth-order valence-electron chi connectivity index (χ4n) is 3.53. The van der Waals surface area contributed by atoms with Crippen molar-refractivity contribution < 1.29 is 0 Å². The molecule has 3 rings (SSSR count). The van der Waals surface area contributed by atoms with Gasteiger partial charge < -0.3 is 0 Å². The van der Waals surface area contributed by atoms with Crippen LogP contribution in [0, 0.1) is 0 Å². The smallest absolute Gasteiger partial charge is 0.0693 e. The van der Waals surface area contributed by atoms with Crippen LogP contribution in [0.25, 0.3) is 0 Å². The molecule has 2 heterocycles. The van der Waals surface area contributed by atoms with Gasteiger partial charge in [-0.15, -0.1) is 5.10 Å². The van der Waals surface area contributed by atoms with Crippen LogP contribution in [-0.4, -0.2) is 39.0 Å². The van der Waals surface area contributed by atoms with Crippen LogP contribution in [0.2, 0.25) is 0 Å². The number of rotatable bonds is 2. The quantitative estimate of drug-likeness (QED) is 0.807. The molecule has 0 N–H and O–H groups in total. The standard InChI is InChI=1S/C14H24N4/c1-2-4-6-13(7-5-3-1)17-10-8-14(12-17)18-11-9-15-16-18/h9,11,13-14H,1-8,10,12H2. The van der Waals surface area contributed by atoms with Crippen LogP contribution in [0.1, 0.15) is 57.4 Å². The van der Waals surface area contributed by atoms with E-state index in [9.17, 15) is 0 Å². The summed E-state index contributed by atoms with van der Waals surface area (Å²) in [5.74, 6) is 0. The molecule has 1 saturated heterocycles. The molecule has 0 bridgehead atoms. The van der Waals surface area contributed by atoms with Gasteiger partial charge in [-0.25, -0.2) is 4.68 Å². The monoisotopic (exact) mass is 248 g/mol. The van der Waals surface area contributed by atoms with E-state index >= 15 is 0 Å². The molecule has 1 aliphatic carbocycles. The molecule has 1 aromatic heterocycles. The number of aromatic nitrogens is 3. The van der Waals surface area contributed by atoms with Gasteiger partial charge in [-0.05, 0) is 19.3 Å². The maximum atomic E-state index is 4.15. The van der Waals surface area contributed by atoms with Crippen LogP contribution in [0.5, 0.6) is 0 Å². The summed E-state index contributed by atoms with van der Waals surface area (Å²) in [6, 6.07) is 1.39. The van der Waals surface area contributed by atoms with E-state index in [1.165, 1.54) is 64.5 Å². The summed E-state index contributed by atoms with van der Waals surface area (Å²) in [4.78, 5) is 2.71. The van der Waals surface area contributed by atoms with E-state index in [0.29, 0.717) is 6.04 Å². The van der Waals surface area contributed by atoms with Crippen LogP contribution in [0.15, 0.2) is 12.4 Å². The lowest BCUT2D eigenvalue weighted by molar-refractivity contribution is 0.195. The SMILES string of the molecule is c1cn(C2CCN(C3CCCCCCC3)C2)nn1. The Morgan fingerprint density at radius 1 is 0.889 bits per heavy atom. The molecule has 1 aliphatic heterocycles. The molecule has 2 fully saturated rings. The molecule has 100 valence electrons. The summed E-state index contributed by atoms with van der Waals surface area (Å²) in [5, 5.41) is 8.08. The molecule has 4 heteroatoms. The van der Waals surface area contributed by atoms with E-state index in [2.05, 4.69) is 15.2 Å². The Labute approximate surface area is 109 Å². The third kappa shape index (κ3) is 2.74. The van der Waals surface area contributed by atoms with E-state index in [0.717, 1.165) is 6.04 Å². The van der Waals surface area contributed by atoms with Crippen LogP contribution in [-0.2, 0) is 0 Å². The zero-order chi connectivity index (χ0) is 12.2. The molecular weight excluding hydrogens is 224 g/mol. The molecule has 1 atom stereocenters. The van der Waals surface area contributed by atoms with Crippen molar-refractivity contribution in [3.63, 3.8) is 0 Å². The average molecular weight is 248 g/mol. The highest BCUT2D eigenvalue weighted by Crippen LogP contribution is 2.28. The lowest BCUT2D eigenvalue weighted by atomic mass is 9.96. The number of hydrogen-bond donors (Lipinski definition) is 0. The number of nitrogens with zero attached hydrogens (tertiary/aromatic N) is 4. The van der Waals surface area contributed by atoms with Gasteiger partial charge in [0.25, 0.3) is 0 Å². The van der Waals surface area contributed by atoms with Crippen LogP contribution in [0.4, 0.5) is 0 Å². The van der Waals surface area contributed by atoms with Crippen molar-refractivity contribution in [2.75, 3.05) is 13.1 Å². The van der Waals surface area contributed by atoms with Gasteiger partial charge in [0.2, 0.25) is 0 Å². The molecule has 0 spiro atoms. The molecule has 0 amide bonds. The van der Waals surface area contributed by atoms with E-state index in [1.807, 2.05) is 10.9 Å². The second kappa shape index (κ2) is 5.83. The zero-order valence-electron chi connectivity index (χ0n) is 11.2. The highest BCUT2D eigenvalue weighted by atomic mass is 15.4. The predicted octanol–water partition coefficient (Wildman–Crippen LogP) is 2.64. The fraction of sp³-hybridized carbons (Fsp3) is 0.857. The first kappa shape index (κ1) is 12.2. The summed E-state index contributed by atoms with van der Waals surface area (Å²) >= 11 is 0. The molecule has 0 aromatic carbocycles. The minimum atomic E-state index is 0.554. The normalized spacial score (nSPS) is 28.1. The molecule has 2 aliphatic rings. The van der Waals surface area contributed by atoms with Gasteiger partial charge in [0.15, 0.2) is 0 Å². The van der Waals surface area contributed by atoms with Crippen molar-refractivity contribution in [1.82, 2.24) is 19.9 Å². The number of likely N-dealkylation sites (tertiary alicyclic amines) is 1. The maximum Gasteiger partial charge on any atom is 0.0693 e. The second-order valence-corrected chi connectivity index (χ2v) is 5.82. The Hall–Kier alpha value is -0.900. The Morgan fingerprint density at radius 3 is 2.39 bits per heavy atom. The molecule has 18 heavy (non-hydrogen) atoms. The van der Waals surface area contributed by atoms with Crippen LogP contribution < -0.4 is 0 Å². The van der Waals surface area contributed by atoms with Gasteiger partial charge in [0.05, 0.1) is 12.2 Å². The topological polar surface area (TPSA) is 34.0 Å². The van der Waals surface area contributed by atoms with Gasteiger partial charge in [-0.3, -0.25) is 4.90 Å². The van der Waals surface area contributed by atoms with Crippen molar-refractivity contribution >= 4 is 0 Å². The van der Waals surface area contributed by atoms with Gasteiger partial charge in [0, 0.05) is 25.3 Å². The lowest BCUT2D eigenvalue weighted by Gasteiger charge is -2.29. The molecule has 0 radical (unpaired) electrons. The first-order valence-corrected chi connectivity index (χ1v) is 7.53. The van der Waals surface area contributed by atoms with Crippen molar-refractivity contribution in [1.29, 1.82) is 0 Å². The Morgan fingerprint density at radius 2 is 1.67 bits per heavy atom. The molecular formula is C14H24N4. The van der Waals surface area contributed by atoms with Gasteiger partial charge in [0.1, 0.15) is 0 Å². The van der Waals surface area contributed by atoms with Crippen LogP contribution in [0.3, 0.4) is 0 Å². The van der Waals surface area contributed by atoms with Gasteiger partial charge >= 0.3 is 0 Å². The van der Waals surface area contributed by atoms with E-state index in [1.54, 1.807) is 6.20 Å². The third-order valence-electron chi connectivity index (χ3n) is 4.60. The van der Waals surface area contributed by atoms with Gasteiger partial charge in [-0.1, -0.05) is 37.3 Å². The van der Waals surface area contributed by atoms with E-state index in [4.69, 9.17) is 0 Å². The largest absolute Gasteiger partial charge is 0.298 e. The minimum Gasteiger partial charge on any atom is -0.298 e. The average Bonchev–Trinajstić information content (AvgIpc) is 2.98. The van der Waals surface area contributed by atoms with E-state index in [-0.39, 0.29) is 0 Å². The van der Waals surface area contributed by atoms with Crippen LogP contribution >= 0.6 is 0 Å². The van der Waals surface area contributed by atoms with E-state index < -0.39 is 0 Å². The summed E-state index contributed by atoms with van der Waals surface area (Å²) in [6.07, 6.45) is 15.0. The molecule has 4 nitrogen and oxygen atoms in total. The van der Waals surface area contributed by atoms with Crippen molar-refractivity contribution in [2.45, 2.75) is 63.5 Å². The highest BCUT2D eigenvalue weighted by molar-refractivity contribution is 4.86. The highest BCUT2D eigenvalue weighted by Gasteiger charge is 2.29. The van der Waals surface area contributed by atoms with Gasteiger partial charge in [-0.2, -0.15) is 0 Å². The van der Waals surface area contributed by atoms with Crippen molar-refractivity contribution in [3.8, 4) is 0 Å². The zero-order valence-corrected chi connectivity index (χ0v) is 11.2. The maximum absolute atomic E-state index is 4.15. The minimum absolute atomic E-state index is 0.554.